The molecule has 8 heteroatoms. The Morgan fingerprint density at radius 2 is 1.81 bits per heavy atom. The molecule has 1 saturated heterocycles. The maximum Gasteiger partial charge on any atom is 0.294 e. The van der Waals surface area contributed by atoms with Crippen LogP contribution in [0.15, 0.2) is 76.1 Å². The smallest absolute Gasteiger partial charge is 0.294 e. The summed E-state index contributed by atoms with van der Waals surface area (Å²) in [6.07, 6.45) is 2.43. The molecule has 2 aliphatic rings. The number of fused-ring (bicyclic) bond motifs is 1. The second-order valence-electron chi connectivity index (χ2n) is 9.07. The van der Waals surface area contributed by atoms with Gasteiger partial charge in [-0.2, -0.15) is 0 Å². The number of hydrogen-bond donors (Lipinski definition) is 0. The van der Waals surface area contributed by atoms with E-state index in [9.17, 15) is 14.4 Å². The van der Waals surface area contributed by atoms with Crippen LogP contribution in [0.1, 0.15) is 27.8 Å². The molecule has 5 rings (SSSR count). The minimum atomic E-state index is -0.448. The lowest BCUT2D eigenvalue weighted by atomic mass is 10.00. The Labute approximate surface area is 228 Å². The quantitative estimate of drug-likeness (QED) is 0.339. The average molecular weight is 578 g/mol. The van der Waals surface area contributed by atoms with Gasteiger partial charge in [0.05, 0.1) is 9.38 Å². The van der Waals surface area contributed by atoms with Gasteiger partial charge >= 0.3 is 0 Å². The van der Waals surface area contributed by atoms with Gasteiger partial charge in [0, 0.05) is 13.1 Å². The Balaban J connectivity index is 1.22. The fourth-order valence-electron chi connectivity index (χ4n) is 4.30. The molecule has 188 valence electrons. The standard InChI is InChI=1S/C29H25BrN2O4S/c1-19-6-8-20(9-7-19)18-36-25-11-10-21(14-24(25)30)15-26-28(34)32(29(35)37-26)17-27(33)31-13-12-22-4-2-3-5-23(22)16-31/h2-11,14-15H,12-13,16-18H2,1H3/b26-15-. The van der Waals surface area contributed by atoms with Crippen molar-refractivity contribution in [3.63, 3.8) is 0 Å². The van der Waals surface area contributed by atoms with E-state index in [0.717, 1.165) is 44.2 Å². The third kappa shape index (κ3) is 5.81. The number of imide groups is 1. The molecule has 0 N–H and O–H groups in total. The van der Waals surface area contributed by atoms with Crippen molar-refractivity contribution < 1.29 is 19.1 Å². The second-order valence-corrected chi connectivity index (χ2v) is 10.9. The summed E-state index contributed by atoms with van der Waals surface area (Å²) in [5.74, 6) is 0.00647. The van der Waals surface area contributed by atoms with Crippen molar-refractivity contribution in [3.05, 3.63) is 104 Å². The number of ether oxygens (including phenoxy) is 1. The van der Waals surface area contributed by atoms with E-state index in [2.05, 4.69) is 22.0 Å². The number of benzene rings is 3. The molecule has 6 nitrogen and oxygen atoms in total. The third-order valence-corrected chi connectivity index (χ3v) is 7.95. The number of thioether (sulfide) groups is 1. The largest absolute Gasteiger partial charge is 0.488 e. The number of nitrogens with zero attached hydrogens (tertiary/aromatic N) is 2. The number of carbonyl (C=O) groups excluding carboxylic acids is 3. The molecule has 3 aromatic rings. The molecular formula is C29H25BrN2O4S. The highest BCUT2D eigenvalue weighted by atomic mass is 79.9. The summed E-state index contributed by atoms with van der Waals surface area (Å²) in [6, 6.07) is 21.7. The van der Waals surface area contributed by atoms with E-state index < -0.39 is 11.1 Å². The first kappa shape index (κ1) is 25.3. The topological polar surface area (TPSA) is 66.9 Å². The molecule has 37 heavy (non-hydrogen) atoms. The summed E-state index contributed by atoms with van der Waals surface area (Å²) in [5, 5.41) is -0.431. The maximum absolute atomic E-state index is 13.0. The van der Waals surface area contributed by atoms with Crippen LogP contribution in [0, 0.1) is 6.92 Å². The monoisotopic (exact) mass is 576 g/mol. The van der Waals surface area contributed by atoms with E-state index >= 15 is 0 Å². The van der Waals surface area contributed by atoms with Gasteiger partial charge in [0.2, 0.25) is 5.91 Å². The van der Waals surface area contributed by atoms with Crippen molar-refractivity contribution in [2.75, 3.05) is 13.1 Å². The van der Waals surface area contributed by atoms with E-state index in [4.69, 9.17) is 4.74 Å². The Morgan fingerprint density at radius 1 is 1.05 bits per heavy atom. The van der Waals surface area contributed by atoms with Crippen LogP contribution >= 0.6 is 27.7 Å². The lowest BCUT2D eigenvalue weighted by Crippen LogP contribution is -2.44. The molecule has 3 aromatic carbocycles. The van der Waals surface area contributed by atoms with Gasteiger partial charge < -0.3 is 9.64 Å². The maximum atomic E-state index is 13.0. The zero-order valence-corrected chi connectivity index (χ0v) is 22.7. The van der Waals surface area contributed by atoms with Gasteiger partial charge in [0.25, 0.3) is 11.1 Å². The van der Waals surface area contributed by atoms with Crippen molar-refractivity contribution in [1.29, 1.82) is 0 Å². The first-order valence-corrected chi connectivity index (χ1v) is 13.6. The highest BCUT2D eigenvalue weighted by Crippen LogP contribution is 2.34. The fourth-order valence-corrected chi connectivity index (χ4v) is 5.65. The fraction of sp³-hybridized carbons (Fsp3) is 0.207. The molecular weight excluding hydrogens is 552 g/mol. The second kappa shape index (κ2) is 10.9. The van der Waals surface area contributed by atoms with E-state index in [-0.39, 0.29) is 12.5 Å². The van der Waals surface area contributed by atoms with E-state index in [1.165, 1.54) is 11.1 Å². The first-order valence-electron chi connectivity index (χ1n) is 12.0. The van der Waals surface area contributed by atoms with E-state index in [1.54, 1.807) is 11.0 Å². The summed E-state index contributed by atoms with van der Waals surface area (Å²) in [7, 11) is 0. The lowest BCUT2D eigenvalue weighted by Gasteiger charge is -2.29. The minimum Gasteiger partial charge on any atom is -0.488 e. The first-order chi connectivity index (χ1) is 17.9. The highest BCUT2D eigenvalue weighted by Gasteiger charge is 2.37. The van der Waals surface area contributed by atoms with Gasteiger partial charge in [-0.25, -0.2) is 0 Å². The van der Waals surface area contributed by atoms with Gasteiger partial charge in [-0.05, 0) is 81.5 Å². The van der Waals surface area contributed by atoms with E-state index in [1.807, 2.05) is 67.6 Å². The zero-order valence-electron chi connectivity index (χ0n) is 20.3. The van der Waals surface area contributed by atoms with Crippen LogP contribution in [0.2, 0.25) is 0 Å². The van der Waals surface area contributed by atoms with Crippen LogP contribution in [0.25, 0.3) is 6.08 Å². The average Bonchev–Trinajstić information content (AvgIpc) is 3.16. The molecule has 0 radical (unpaired) electrons. The molecule has 2 heterocycles. The number of halogens is 1. The van der Waals surface area contributed by atoms with Gasteiger partial charge in [0.1, 0.15) is 18.9 Å². The Morgan fingerprint density at radius 3 is 2.57 bits per heavy atom. The van der Waals surface area contributed by atoms with Crippen LogP contribution in [-0.2, 0) is 29.2 Å². The molecule has 0 bridgehead atoms. The summed E-state index contributed by atoms with van der Waals surface area (Å²) in [4.78, 5) is 41.5. The lowest BCUT2D eigenvalue weighted by molar-refractivity contribution is -0.136. The molecule has 3 amide bonds. The molecule has 0 unspecified atom stereocenters. The van der Waals surface area contributed by atoms with Crippen LogP contribution in [0.4, 0.5) is 4.79 Å². The number of carbonyl (C=O) groups is 3. The number of rotatable bonds is 6. The van der Waals surface area contributed by atoms with Gasteiger partial charge in [-0.1, -0.05) is 60.2 Å². The third-order valence-electron chi connectivity index (χ3n) is 6.42. The van der Waals surface area contributed by atoms with Crippen LogP contribution in [-0.4, -0.2) is 39.9 Å². The predicted molar refractivity (Wildman–Crippen MR) is 148 cm³/mol. The minimum absolute atomic E-state index is 0.226. The Hall–Kier alpha value is -3.36. The summed E-state index contributed by atoms with van der Waals surface area (Å²) in [6.45, 7) is 3.30. The van der Waals surface area contributed by atoms with Crippen molar-refractivity contribution in [3.8, 4) is 5.75 Å². The summed E-state index contributed by atoms with van der Waals surface area (Å²) < 4.78 is 6.67. The molecule has 0 atom stereocenters. The normalized spacial score (nSPS) is 16.3. The van der Waals surface area contributed by atoms with Crippen molar-refractivity contribution in [2.24, 2.45) is 0 Å². The van der Waals surface area contributed by atoms with Gasteiger partial charge in [-0.15, -0.1) is 0 Å². The van der Waals surface area contributed by atoms with Crippen molar-refractivity contribution >= 4 is 50.8 Å². The zero-order chi connectivity index (χ0) is 25.9. The molecule has 0 saturated carbocycles. The molecule has 0 aliphatic carbocycles. The number of aryl methyl sites for hydroxylation is 1. The van der Waals surface area contributed by atoms with Gasteiger partial charge in [-0.3, -0.25) is 19.3 Å². The highest BCUT2D eigenvalue weighted by molar-refractivity contribution is 9.10. The van der Waals surface area contributed by atoms with Crippen LogP contribution in [0.5, 0.6) is 5.75 Å². The summed E-state index contributed by atoms with van der Waals surface area (Å²) in [5.41, 5.74) is 5.35. The van der Waals surface area contributed by atoms with Crippen LogP contribution < -0.4 is 4.74 Å². The van der Waals surface area contributed by atoms with Crippen molar-refractivity contribution in [1.82, 2.24) is 9.80 Å². The molecule has 1 fully saturated rings. The number of amides is 3. The predicted octanol–water partition coefficient (Wildman–Crippen LogP) is 5.96. The number of hydrogen-bond acceptors (Lipinski definition) is 5. The Kier molecular flexibility index (Phi) is 7.48. The van der Waals surface area contributed by atoms with Gasteiger partial charge in [0.15, 0.2) is 0 Å². The molecule has 2 aliphatic heterocycles. The summed E-state index contributed by atoms with van der Waals surface area (Å²) >= 11 is 4.39. The Bertz CT molecular complexity index is 1400. The molecule has 0 spiro atoms. The van der Waals surface area contributed by atoms with Crippen molar-refractivity contribution in [2.45, 2.75) is 26.5 Å². The van der Waals surface area contributed by atoms with E-state index in [0.29, 0.717) is 30.4 Å². The molecule has 0 aromatic heterocycles. The van der Waals surface area contributed by atoms with Crippen LogP contribution in [0.3, 0.4) is 0 Å². The SMILES string of the molecule is Cc1ccc(COc2ccc(/C=C3\SC(=O)N(CC(=O)N4CCc5ccccc5C4)C3=O)cc2Br)cc1.